The van der Waals surface area contributed by atoms with Crippen molar-refractivity contribution in [1.29, 1.82) is 0 Å². The molecule has 2 aromatic carbocycles. The molecule has 0 bridgehead atoms. The summed E-state index contributed by atoms with van der Waals surface area (Å²) in [6, 6.07) is 9.56. The third-order valence-electron chi connectivity index (χ3n) is 5.76. The van der Waals surface area contributed by atoms with Gasteiger partial charge in [0.15, 0.2) is 11.5 Å². The number of nitrogens with zero attached hydrogens (tertiary/aromatic N) is 3. The number of rotatable bonds is 7. The monoisotopic (exact) mass is 467 g/mol. The van der Waals surface area contributed by atoms with Crippen LogP contribution in [0.1, 0.15) is 23.6 Å². The second-order valence-corrected chi connectivity index (χ2v) is 8.36. The average Bonchev–Trinajstić information content (AvgIpc) is 3.08. The van der Waals surface area contributed by atoms with Crippen molar-refractivity contribution in [3.05, 3.63) is 69.3 Å². The Morgan fingerprint density at radius 3 is 2.59 bits per heavy atom. The van der Waals surface area contributed by atoms with Gasteiger partial charge in [0.2, 0.25) is 0 Å². The number of carbonyl (C=O) groups excluding carboxylic acids is 2. The normalized spacial score (nSPS) is 19.0. The summed E-state index contributed by atoms with van der Waals surface area (Å²) in [6.07, 6.45) is 0.579. The van der Waals surface area contributed by atoms with Crippen LogP contribution in [-0.2, 0) is 9.59 Å². The minimum Gasteiger partial charge on any atom is -0.507 e. The molecule has 10 nitrogen and oxygen atoms in total. The quantitative estimate of drug-likeness (QED) is 0.217. The van der Waals surface area contributed by atoms with Gasteiger partial charge in [-0.2, -0.15) is 0 Å². The van der Waals surface area contributed by atoms with Crippen LogP contribution < -0.4 is 9.47 Å². The van der Waals surface area contributed by atoms with E-state index in [1.807, 2.05) is 19.0 Å². The van der Waals surface area contributed by atoms with E-state index in [9.17, 15) is 24.8 Å². The third kappa shape index (κ3) is 4.44. The van der Waals surface area contributed by atoms with Crippen LogP contribution >= 0.6 is 0 Å². The molecule has 4 rings (SSSR count). The zero-order chi connectivity index (χ0) is 24.4. The summed E-state index contributed by atoms with van der Waals surface area (Å²) in [5, 5.41) is 22.6. The molecule has 2 aliphatic rings. The van der Waals surface area contributed by atoms with Gasteiger partial charge in [0.1, 0.15) is 19.0 Å². The summed E-state index contributed by atoms with van der Waals surface area (Å²) >= 11 is 0. The van der Waals surface area contributed by atoms with Crippen LogP contribution in [0.15, 0.2) is 48.0 Å². The van der Waals surface area contributed by atoms with Crippen molar-refractivity contribution in [1.82, 2.24) is 9.80 Å². The third-order valence-corrected chi connectivity index (χ3v) is 5.76. The van der Waals surface area contributed by atoms with Crippen LogP contribution in [0, 0.1) is 10.1 Å². The molecule has 1 saturated heterocycles. The van der Waals surface area contributed by atoms with Gasteiger partial charge in [-0.05, 0) is 50.8 Å². The van der Waals surface area contributed by atoms with Crippen molar-refractivity contribution in [3.8, 4) is 11.5 Å². The molecule has 0 aliphatic carbocycles. The lowest BCUT2D eigenvalue weighted by molar-refractivity contribution is -0.384. The van der Waals surface area contributed by atoms with Gasteiger partial charge in [-0.1, -0.05) is 12.1 Å². The van der Waals surface area contributed by atoms with Crippen LogP contribution in [-0.4, -0.2) is 71.9 Å². The zero-order valence-corrected chi connectivity index (χ0v) is 18.9. The lowest BCUT2D eigenvalue weighted by Crippen LogP contribution is -2.32. The summed E-state index contributed by atoms with van der Waals surface area (Å²) < 4.78 is 11.1. The number of fused-ring (bicyclic) bond motifs is 1. The molecular weight excluding hydrogens is 442 g/mol. The summed E-state index contributed by atoms with van der Waals surface area (Å²) in [5.41, 5.74) is 0.367. The number of hydrogen-bond donors (Lipinski definition) is 1. The fraction of sp³-hybridized carbons (Fsp3) is 0.333. The van der Waals surface area contributed by atoms with Crippen molar-refractivity contribution in [2.45, 2.75) is 12.5 Å². The molecule has 1 unspecified atom stereocenters. The number of aliphatic hydroxyl groups excluding tert-OH is 1. The Balaban J connectivity index is 1.81. The second-order valence-electron chi connectivity index (χ2n) is 8.36. The van der Waals surface area contributed by atoms with E-state index in [0.717, 1.165) is 0 Å². The largest absolute Gasteiger partial charge is 0.507 e. The van der Waals surface area contributed by atoms with E-state index in [1.165, 1.54) is 23.1 Å². The number of hydrogen-bond acceptors (Lipinski definition) is 8. The van der Waals surface area contributed by atoms with E-state index in [-0.39, 0.29) is 29.1 Å². The summed E-state index contributed by atoms with van der Waals surface area (Å²) in [4.78, 5) is 40.3. The summed E-state index contributed by atoms with van der Waals surface area (Å²) in [7, 11) is 3.79. The van der Waals surface area contributed by atoms with Crippen molar-refractivity contribution in [3.63, 3.8) is 0 Å². The Morgan fingerprint density at radius 1 is 1.15 bits per heavy atom. The minimum absolute atomic E-state index is 0.118. The van der Waals surface area contributed by atoms with Crippen LogP contribution in [0.2, 0.25) is 0 Å². The minimum atomic E-state index is -0.963. The van der Waals surface area contributed by atoms with Gasteiger partial charge in [0.25, 0.3) is 17.4 Å². The van der Waals surface area contributed by atoms with E-state index in [0.29, 0.717) is 43.2 Å². The molecule has 1 atom stereocenters. The Hall–Kier alpha value is -3.92. The predicted molar refractivity (Wildman–Crippen MR) is 123 cm³/mol. The van der Waals surface area contributed by atoms with Gasteiger partial charge in [-0.25, -0.2) is 0 Å². The van der Waals surface area contributed by atoms with Crippen molar-refractivity contribution in [2.75, 3.05) is 40.4 Å². The van der Waals surface area contributed by atoms with Gasteiger partial charge >= 0.3 is 0 Å². The first-order chi connectivity index (χ1) is 16.3. The zero-order valence-electron chi connectivity index (χ0n) is 18.9. The maximum atomic E-state index is 13.1. The number of amides is 1. The number of nitro groups is 1. The fourth-order valence-corrected chi connectivity index (χ4v) is 4.17. The number of Topliss-reactive ketones (excluding diaryl/α,β-unsaturated/α-hetero) is 1. The highest BCUT2D eigenvalue weighted by molar-refractivity contribution is 6.46. The Kier molecular flexibility index (Phi) is 6.51. The molecule has 2 heterocycles. The SMILES string of the molecule is CN(C)CCCN1C(=O)C(=O)/C(=C(/O)c2ccc3c(c2)OCCO3)C1c1cccc([N+](=O)[O-])c1. The molecule has 34 heavy (non-hydrogen) atoms. The molecule has 0 saturated carbocycles. The van der Waals surface area contributed by atoms with E-state index in [2.05, 4.69) is 0 Å². The van der Waals surface area contributed by atoms with Crippen LogP contribution in [0.4, 0.5) is 5.69 Å². The first kappa shape index (κ1) is 23.2. The molecule has 0 spiro atoms. The Morgan fingerprint density at radius 2 is 1.88 bits per heavy atom. The van der Waals surface area contributed by atoms with Gasteiger partial charge in [-0.15, -0.1) is 0 Å². The highest BCUT2D eigenvalue weighted by Crippen LogP contribution is 2.41. The average molecular weight is 467 g/mol. The molecular formula is C24H25N3O7. The number of carbonyl (C=O) groups is 2. The number of benzene rings is 2. The standard InChI is InChI=1S/C24H25N3O7/c1-25(2)9-4-10-26-21(15-5-3-6-17(13-15)27(31)32)20(23(29)24(26)30)22(28)16-7-8-18-19(14-16)34-12-11-33-18/h3,5-8,13-14,21,28H,4,9-12H2,1-2H3/b22-20+. The van der Waals surface area contributed by atoms with Gasteiger partial charge in [0.05, 0.1) is 16.5 Å². The number of ether oxygens (including phenoxy) is 2. The van der Waals surface area contributed by atoms with E-state index < -0.39 is 22.7 Å². The molecule has 1 fully saturated rings. The summed E-state index contributed by atoms with van der Waals surface area (Å²) in [6.45, 7) is 1.67. The molecule has 2 aromatic rings. The van der Waals surface area contributed by atoms with E-state index in [1.54, 1.807) is 24.3 Å². The molecule has 1 amide bonds. The fourth-order valence-electron chi connectivity index (χ4n) is 4.17. The lowest BCUT2D eigenvalue weighted by Gasteiger charge is -2.26. The van der Waals surface area contributed by atoms with Crippen LogP contribution in [0.25, 0.3) is 5.76 Å². The van der Waals surface area contributed by atoms with Gasteiger partial charge < -0.3 is 24.4 Å². The van der Waals surface area contributed by atoms with Crippen LogP contribution in [0.5, 0.6) is 11.5 Å². The molecule has 2 aliphatic heterocycles. The van der Waals surface area contributed by atoms with E-state index in [4.69, 9.17) is 9.47 Å². The highest BCUT2D eigenvalue weighted by atomic mass is 16.6. The first-order valence-corrected chi connectivity index (χ1v) is 10.9. The lowest BCUT2D eigenvalue weighted by atomic mass is 9.94. The molecule has 0 radical (unpaired) electrons. The Labute approximate surface area is 196 Å². The maximum absolute atomic E-state index is 13.1. The highest BCUT2D eigenvalue weighted by Gasteiger charge is 2.46. The molecule has 178 valence electrons. The molecule has 0 aromatic heterocycles. The number of nitro benzene ring substituents is 1. The molecule has 1 N–H and O–H groups in total. The second kappa shape index (κ2) is 9.52. The van der Waals surface area contributed by atoms with Gasteiger partial charge in [0, 0.05) is 24.2 Å². The number of likely N-dealkylation sites (tertiary alicyclic amines) is 1. The number of non-ortho nitro benzene ring substituents is 1. The number of ketones is 1. The topological polar surface area (TPSA) is 122 Å². The van der Waals surface area contributed by atoms with Gasteiger partial charge in [-0.3, -0.25) is 19.7 Å². The molecule has 10 heteroatoms. The number of aliphatic hydroxyl groups is 1. The Bertz CT molecular complexity index is 1170. The maximum Gasteiger partial charge on any atom is 0.295 e. The first-order valence-electron chi connectivity index (χ1n) is 10.9. The smallest absolute Gasteiger partial charge is 0.295 e. The summed E-state index contributed by atoms with van der Waals surface area (Å²) in [5.74, 6) is -1.03. The van der Waals surface area contributed by atoms with Crippen molar-refractivity contribution >= 4 is 23.1 Å². The van der Waals surface area contributed by atoms with E-state index >= 15 is 0 Å². The van der Waals surface area contributed by atoms with Crippen molar-refractivity contribution < 1.29 is 29.1 Å². The predicted octanol–water partition coefficient (Wildman–Crippen LogP) is 2.74. The van der Waals surface area contributed by atoms with Crippen molar-refractivity contribution in [2.24, 2.45) is 0 Å². The van der Waals surface area contributed by atoms with Crippen LogP contribution in [0.3, 0.4) is 0 Å².